The van der Waals surface area contributed by atoms with E-state index in [1.54, 1.807) is 6.92 Å². The number of carboxylic acid groups (broad SMARTS) is 1. The number of amides is 1. The van der Waals surface area contributed by atoms with E-state index in [9.17, 15) is 14.4 Å². The van der Waals surface area contributed by atoms with Crippen molar-refractivity contribution in [3.8, 4) is 0 Å². The fourth-order valence-corrected chi connectivity index (χ4v) is 2.22. The molecule has 1 unspecified atom stereocenters. The van der Waals surface area contributed by atoms with Gasteiger partial charge in [0.1, 0.15) is 0 Å². The first kappa shape index (κ1) is 14.8. The van der Waals surface area contributed by atoms with Crippen LogP contribution < -0.4 is 10.6 Å². The van der Waals surface area contributed by atoms with E-state index in [0.29, 0.717) is 11.4 Å². The van der Waals surface area contributed by atoms with Crippen LogP contribution >= 0.6 is 0 Å². The fourth-order valence-electron chi connectivity index (χ4n) is 2.22. The highest BCUT2D eigenvalue weighted by Crippen LogP contribution is 2.31. The number of aliphatic carboxylic acids is 1. The van der Waals surface area contributed by atoms with Crippen molar-refractivity contribution >= 4 is 29.2 Å². The minimum absolute atomic E-state index is 0.0463. The average molecular weight is 292 g/mol. The third-order valence-corrected chi connectivity index (χ3v) is 3.31. The van der Waals surface area contributed by atoms with Crippen LogP contribution in [-0.4, -0.2) is 36.1 Å². The van der Waals surface area contributed by atoms with Crippen LogP contribution in [0.25, 0.3) is 0 Å². The zero-order valence-corrected chi connectivity index (χ0v) is 11.5. The van der Waals surface area contributed by atoms with Crippen LogP contribution in [0.15, 0.2) is 18.2 Å². The van der Waals surface area contributed by atoms with Gasteiger partial charge in [-0.05, 0) is 25.1 Å². The number of nitrogens with zero attached hydrogens (tertiary/aromatic N) is 1. The normalized spacial score (nSPS) is 17.9. The first-order chi connectivity index (χ1) is 9.93. The Hall–Kier alpha value is -2.57. The van der Waals surface area contributed by atoms with E-state index in [0.717, 1.165) is 0 Å². The molecule has 1 aliphatic heterocycles. The van der Waals surface area contributed by atoms with Crippen LogP contribution in [0.2, 0.25) is 0 Å². The molecule has 1 aromatic rings. The van der Waals surface area contributed by atoms with Gasteiger partial charge in [-0.3, -0.25) is 9.59 Å². The van der Waals surface area contributed by atoms with Gasteiger partial charge in [0, 0.05) is 13.0 Å². The predicted molar refractivity (Wildman–Crippen MR) is 74.9 cm³/mol. The second-order valence-electron chi connectivity index (χ2n) is 4.74. The van der Waals surface area contributed by atoms with Crippen LogP contribution in [0.1, 0.15) is 23.7 Å². The van der Waals surface area contributed by atoms with Gasteiger partial charge in [0.25, 0.3) is 0 Å². The molecule has 1 heterocycles. The second-order valence-corrected chi connectivity index (χ2v) is 4.74. The number of hydrogen-bond acceptors (Lipinski definition) is 5. The topological polar surface area (TPSA) is 110 Å². The van der Waals surface area contributed by atoms with Crippen molar-refractivity contribution < 1.29 is 24.2 Å². The largest absolute Gasteiger partial charge is 0.481 e. The van der Waals surface area contributed by atoms with E-state index in [2.05, 4.69) is 0 Å². The summed E-state index contributed by atoms with van der Waals surface area (Å²) >= 11 is 0. The summed E-state index contributed by atoms with van der Waals surface area (Å²) in [5, 5.41) is 8.99. The van der Waals surface area contributed by atoms with Gasteiger partial charge < -0.3 is 20.5 Å². The summed E-state index contributed by atoms with van der Waals surface area (Å²) < 4.78 is 4.89. The van der Waals surface area contributed by atoms with E-state index >= 15 is 0 Å². The summed E-state index contributed by atoms with van der Waals surface area (Å²) in [4.78, 5) is 35.9. The number of hydrogen-bond donors (Lipinski definition) is 2. The number of ether oxygens (including phenoxy) is 1. The number of carbonyl (C=O) groups excluding carboxylic acids is 2. The molecule has 1 atom stereocenters. The monoisotopic (exact) mass is 292 g/mol. The summed E-state index contributed by atoms with van der Waals surface area (Å²) in [6, 6.07) is 4.46. The van der Waals surface area contributed by atoms with Crippen LogP contribution in [0.3, 0.4) is 0 Å². The number of carboxylic acids is 1. The molecule has 0 aliphatic carbocycles. The van der Waals surface area contributed by atoms with Gasteiger partial charge in [0.15, 0.2) is 0 Å². The van der Waals surface area contributed by atoms with Crippen molar-refractivity contribution in [1.82, 2.24) is 0 Å². The minimum Gasteiger partial charge on any atom is -0.481 e. The number of benzene rings is 1. The molecule has 0 saturated carbocycles. The minimum atomic E-state index is -1.02. The van der Waals surface area contributed by atoms with Crippen molar-refractivity contribution in [3.63, 3.8) is 0 Å². The molecule has 1 aromatic carbocycles. The summed E-state index contributed by atoms with van der Waals surface area (Å²) in [6.07, 6.45) is -0.0710. The maximum absolute atomic E-state index is 11.9. The molecular formula is C14H16N2O5. The van der Waals surface area contributed by atoms with Crippen molar-refractivity contribution in [2.45, 2.75) is 13.3 Å². The highest BCUT2D eigenvalue weighted by molar-refractivity contribution is 6.02. The lowest BCUT2D eigenvalue weighted by atomic mass is 10.1. The van der Waals surface area contributed by atoms with Crippen molar-refractivity contribution in [2.24, 2.45) is 5.92 Å². The van der Waals surface area contributed by atoms with Gasteiger partial charge in [-0.25, -0.2) is 4.79 Å². The molecule has 7 nitrogen and oxygen atoms in total. The van der Waals surface area contributed by atoms with E-state index in [4.69, 9.17) is 15.6 Å². The van der Waals surface area contributed by atoms with Gasteiger partial charge in [-0.15, -0.1) is 0 Å². The number of nitrogens with two attached hydrogens (primary N) is 1. The molecule has 1 amide bonds. The first-order valence-corrected chi connectivity index (χ1v) is 6.53. The molecule has 1 aliphatic rings. The molecule has 21 heavy (non-hydrogen) atoms. The van der Waals surface area contributed by atoms with E-state index in [1.165, 1.54) is 23.1 Å². The summed E-state index contributed by atoms with van der Waals surface area (Å²) in [5.41, 5.74) is 6.75. The molecule has 0 bridgehead atoms. The molecule has 7 heteroatoms. The third kappa shape index (κ3) is 2.96. The van der Waals surface area contributed by atoms with Gasteiger partial charge in [0.05, 0.1) is 29.5 Å². The molecule has 2 rings (SSSR count). The lowest BCUT2D eigenvalue weighted by molar-refractivity contribution is -0.141. The maximum Gasteiger partial charge on any atom is 0.338 e. The van der Waals surface area contributed by atoms with Crippen LogP contribution in [-0.2, 0) is 14.3 Å². The first-order valence-electron chi connectivity index (χ1n) is 6.53. The van der Waals surface area contributed by atoms with Gasteiger partial charge in [0.2, 0.25) is 5.91 Å². The zero-order valence-electron chi connectivity index (χ0n) is 11.5. The SMILES string of the molecule is CCOC(=O)c1ccc(N)c(N2CC(C(=O)O)CC2=O)c1. The number of anilines is 2. The lowest BCUT2D eigenvalue weighted by Crippen LogP contribution is -2.27. The molecule has 1 fully saturated rings. The third-order valence-electron chi connectivity index (χ3n) is 3.31. The van der Waals surface area contributed by atoms with Crippen molar-refractivity contribution in [3.05, 3.63) is 23.8 Å². The number of rotatable bonds is 4. The molecular weight excluding hydrogens is 276 g/mol. The number of esters is 1. The lowest BCUT2D eigenvalue weighted by Gasteiger charge is -2.19. The number of carbonyl (C=O) groups is 3. The Morgan fingerprint density at radius 2 is 2.19 bits per heavy atom. The molecule has 0 spiro atoms. The summed E-state index contributed by atoms with van der Waals surface area (Å²) in [7, 11) is 0. The Morgan fingerprint density at radius 1 is 1.48 bits per heavy atom. The summed E-state index contributed by atoms with van der Waals surface area (Å²) in [5.74, 6) is -2.62. The Bertz CT molecular complexity index is 599. The smallest absolute Gasteiger partial charge is 0.338 e. The average Bonchev–Trinajstić information content (AvgIpc) is 2.82. The van der Waals surface area contributed by atoms with Crippen molar-refractivity contribution in [2.75, 3.05) is 23.8 Å². The summed E-state index contributed by atoms with van der Waals surface area (Å²) in [6.45, 7) is 1.98. The Kier molecular flexibility index (Phi) is 4.11. The highest BCUT2D eigenvalue weighted by atomic mass is 16.5. The van der Waals surface area contributed by atoms with Gasteiger partial charge in [-0.2, -0.15) is 0 Å². The van der Waals surface area contributed by atoms with Crippen molar-refractivity contribution in [1.29, 1.82) is 0 Å². The maximum atomic E-state index is 11.9. The second kappa shape index (κ2) is 5.82. The molecule has 0 aromatic heterocycles. The molecule has 3 N–H and O–H groups in total. The van der Waals surface area contributed by atoms with E-state index in [1.807, 2.05) is 0 Å². The molecule has 1 saturated heterocycles. The molecule has 0 radical (unpaired) electrons. The standard InChI is InChI=1S/C14H16N2O5/c1-2-21-14(20)8-3-4-10(15)11(5-8)16-7-9(13(18)19)6-12(16)17/h3-5,9H,2,6-7,15H2,1H3,(H,18,19). The Morgan fingerprint density at radius 3 is 2.76 bits per heavy atom. The number of nitrogen functional groups attached to an aromatic ring is 1. The van der Waals surface area contributed by atoms with Crippen LogP contribution in [0, 0.1) is 5.92 Å². The Balaban J connectivity index is 2.31. The van der Waals surface area contributed by atoms with E-state index < -0.39 is 17.9 Å². The highest BCUT2D eigenvalue weighted by Gasteiger charge is 2.36. The molecule has 112 valence electrons. The van der Waals surface area contributed by atoms with E-state index in [-0.39, 0.29) is 31.0 Å². The van der Waals surface area contributed by atoms with Crippen LogP contribution in [0.5, 0.6) is 0 Å². The predicted octanol–water partition coefficient (Wildman–Crippen LogP) is 0.883. The quantitative estimate of drug-likeness (QED) is 0.629. The Labute approximate surface area is 121 Å². The fraction of sp³-hybridized carbons (Fsp3) is 0.357. The zero-order chi connectivity index (χ0) is 15.6. The van der Waals surface area contributed by atoms with Crippen LogP contribution in [0.4, 0.5) is 11.4 Å². The van der Waals surface area contributed by atoms with Gasteiger partial charge in [-0.1, -0.05) is 0 Å². The van der Waals surface area contributed by atoms with Gasteiger partial charge >= 0.3 is 11.9 Å².